The lowest BCUT2D eigenvalue weighted by Gasteiger charge is -2.09. The van der Waals surface area contributed by atoms with Crippen molar-refractivity contribution in [2.45, 2.75) is 55.4 Å². The second-order valence-corrected chi connectivity index (χ2v) is 18.4. The van der Waals surface area contributed by atoms with Crippen LogP contribution in [-0.2, 0) is 0 Å². The van der Waals surface area contributed by atoms with Crippen LogP contribution < -0.4 is 0 Å². The van der Waals surface area contributed by atoms with E-state index in [-0.39, 0.29) is 0 Å². The highest BCUT2D eigenvalue weighted by atomic mass is 15.3. The van der Waals surface area contributed by atoms with Crippen LogP contribution in [0.4, 0.5) is 0 Å². The first-order valence-corrected chi connectivity index (χ1v) is 26.9. The fraction of sp³-hybridized carbons (Fsp3) is 0.121. The van der Waals surface area contributed by atoms with Crippen LogP contribution in [0.1, 0.15) is 45.3 Å². The van der Waals surface area contributed by atoms with Gasteiger partial charge in [-0.3, -0.25) is 19.9 Å². The van der Waals surface area contributed by atoms with Crippen LogP contribution in [0, 0.1) is 55.4 Å². The second kappa shape index (κ2) is 36.7. The topological polar surface area (TPSA) is 258 Å². The minimum atomic E-state index is 0.711. The maximum atomic E-state index is 4.79. The number of pyridine rings is 5. The fourth-order valence-electron chi connectivity index (χ4n) is 6.92. The highest BCUT2D eigenvalue weighted by Gasteiger charge is 2.10. The van der Waals surface area contributed by atoms with Gasteiger partial charge >= 0.3 is 0 Å². The lowest BCUT2D eigenvalue weighted by Crippen LogP contribution is -1.93. The summed E-state index contributed by atoms with van der Waals surface area (Å²) >= 11 is 0. The van der Waals surface area contributed by atoms with Gasteiger partial charge in [0, 0.05) is 41.7 Å². The summed E-state index contributed by atoms with van der Waals surface area (Å²) in [6.07, 6.45) is 19.9. The van der Waals surface area contributed by atoms with Gasteiger partial charge in [0.1, 0.15) is 12.2 Å². The molecule has 10 heterocycles. The molecule has 428 valence electrons. The third-order valence-corrected chi connectivity index (χ3v) is 11.1. The molecular formula is C66H64N20. The van der Waals surface area contributed by atoms with E-state index < -0.39 is 0 Å². The van der Waals surface area contributed by atoms with Gasteiger partial charge in [-0.2, -0.15) is 10.2 Å². The first kappa shape index (κ1) is 63.6. The van der Waals surface area contributed by atoms with Crippen molar-refractivity contribution in [2.75, 3.05) is 0 Å². The Bertz CT molecular complexity index is 3520. The number of hydrogen-bond donors (Lipinski definition) is 0. The largest absolute Gasteiger partial charge is 0.262 e. The van der Waals surface area contributed by atoms with E-state index >= 15 is 0 Å². The molecule has 0 radical (unpaired) electrons. The van der Waals surface area contributed by atoms with Gasteiger partial charge in [-0.15, -0.1) is 40.8 Å². The summed E-state index contributed by atoms with van der Waals surface area (Å²) in [7, 11) is 0. The van der Waals surface area contributed by atoms with E-state index in [4.69, 9.17) is 4.98 Å². The average Bonchev–Trinajstić information content (AvgIpc) is 3.68. The fourth-order valence-corrected chi connectivity index (χ4v) is 6.92. The molecule has 3 aromatic carbocycles. The molecule has 0 bridgehead atoms. The highest BCUT2D eigenvalue weighted by molar-refractivity contribution is 5.75. The predicted octanol–water partition coefficient (Wildman–Crippen LogP) is 12.2. The van der Waals surface area contributed by atoms with Crippen LogP contribution in [0.25, 0.3) is 56.3 Å². The van der Waals surface area contributed by atoms with E-state index in [1.165, 1.54) is 28.6 Å². The Labute approximate surface area is 500 Å². The Balaban J connectivity index is 0.000000167. The molecule has 0 fully saturated rings. The summed E-state index contributed by atoms with van der Waals surface area (Å²) in [6.45, 7) is 15.5. The summed E-state index contributed by atoms with van der Waals surface area (Å²) in [4.78, 5) is 29.8. The van der Waals surface area contributed by atoms with E-state index in [1.807, 2.05) is 145 Å². The third-order valence-electron chi connectivity index (χ3n) is 11.1. The summed E-state index contributed by atoms with van der Waals surface area (Å²) in [6, 6.07) is 56.9. The van der Waals surface area contributed by atoms with Crippen molar-refractivity contribution in [1.29, 1.82) is 0 Å². The lowest BCUT2D eigenvalue weighted by atomic mass is 10.0. The van der Waals surface area contributed by atoms with Crippen LogP contribution in [0.5, 0.6) is 0 Å². The second-order valence-electron chi connectivity index (χ2n) is 18.4. The average molecular weight is 1140 g/mol. The van der Waals surface area contributed by atoms with Gasteiger partial charge in [0.25, 0.3) is 0 Å². The standard InChI is InChI=1S/C22H17N3.2C12H11N.5C4H5N3/c1-16-8-10-17(11-9-16)18-14-21(19-6-2-4-12-23-19)25-22(15-18)20-7-3-5-13-24-20;1-10-6-5-9-12(13-10)11-7-3-2-4-8-11;1-10-9-12(7-8-13-10)11-5-3-2-4-6-11;1-4-2-5-3-6-7-4;2*1-4-2-5-7-6-3-4;1-4-5-2-3-6-7-4;1-4-2-3-5-7-6-4/h2-15H,1H3;2*2-9H,1H3;5*2-3H,1H3. The molecule has 10 aromatic heterocycles. The minimum Gasteiger partial charge on any atom is -0.262 e. The summed E-state index contributed by atoms with van der Waals surface area (Å²) in [5.74, 6) is 0.711. The number of nitrogens with zero attached hydrogens (tertiary/aromatic N) is 20. The molecule has 0 amide bonds. The van der Waals surface area contributed by atoms with E-state index in [1.54, 1.807) is 75.0 Å². The van der Waals surface area contributed by atoms with Crippen molar-refractivity contribution in [3.8, 4) is 56.3 Å². The predicted molar refractivity (Wildman–Crippen MR) is 333 cm³/mol. The maximum Gasteiger partial charge on any atom is 0.147 e. The van der Waals surface area contributed by atoms with Gasteiger partial charge in [-0.1, -0.05) is 109 Å². The summed E-state index contributed by atoms with van der Waals surface area (Å²) in [5, 5.41) is 45.7. The first-order chi connectivity index (χ1) is 42.0. The quantitative estimate of drug-likeness (QED) is 0.155. The van der Waals surface area contributed by atoms with Gasteiger partial charge in [0.15, 0.2) is 0 Å². The van der Waals surface area contributed by atoms with Crippen molar-refractivity contribution >= 4 is 0 Å². The van der Waals surface area contributed by atoms with Gasteiger partial charge in [0.05, 0.1) is 83.2 Å². The molecule has 0 saturated carbocycles. The Morgan fingerprint density at radius 3 is 1.26 bits per heavy atom. The molecule has 13 aromatic rings. The zero-order valence-electron chi connectivity index (χ0n) is 49.0. The van der Waals surface area contributed by atoms with Crippen molar-refractivity contribution in [3.05, 3.63) is 290 Å². The molecule has 0 aliphatic carbocycles. The van der Waals surface area contributed by atoms with Crippen LogP contribution in [0.2, 0.25) is 0 Å². The maximum absolute atomic E-state index is 4.79. The number of benzene rings is 3. The van der Waals surface area contributed by atoms with Crippen LogP contribution in [0.15, 0.2) is 244 Å². The Morgan fingerprint density at radius 1 is 0.256 bits per heavy atom. The van der Waals surface area contributed by atoms with Gasteiger partial charge in [-0.25, -0.2) is 15.0 Å². The molecule has 0 N–H and O–H groups in total. The van der Waals surface area contributed by atoms with Crippen molar-refractivity contribution in [2.24, 2.45) is 0 Å². The molecule has 13 rings (SSSR count). The van der Waals surface area contributed by atoms with Crippen molar-refractivity contribution in [1.82, 2.24) is 102 Å². The third kappa shape index (κ3) is 24.7. The summed E-state index contributed by atoms with van der Waals surface area (Å²) < 4.78 is 0. The zero-order chi connectivity index (χ0) is 60.8. The Morgan fingerprint density at radius 2 is 0.837 bits per heavy atom. The molecule has 0 atom stereocenters. The molecule has 20 nitrogen and oxygen atoms in total. The Hall–Kier alpha value is -11.5. The number of hydrogen-bond acceptors (Lipinski definition) is 20. The van der Waals surface area contributed by atoms with Crippen LogP contribution in [-0.4, -0.2) is 102 Å². The van der Waals surface area contributed by atoms with E-state index in [2.05, 4.69) is 170 Å². The SMILES string of the molecule is Cc1cc(-c2ccccc2)ccn1.Cc1ccc(-c2cc(-c3ccccn3)nc(-c3ccccn3)c2)cc1.Cc1cccc(-c2ccccc2)n1.Cc1ccnnn1.Cc1cncnn1.Cc1cnnnc1.Cc1cnnnc1.Cc1nccnn1. The van der Waals surface area contributed by atoms with E-state index in [0.717, 1.165) is 73.5 Å². The molecule has 0 spiro atoms. The molecule has 86 heavy (non-hydrogen) atoms. The monoisotopic (exact) mass is 1140 g/mol. The molecule has 0 aliphatic rings. The van der Waals surface area contributed by atoms with Crippen molar-refractivity contribution < 1.29 is 0 Å². The highest BCUT2D eigenvalue weighted by Crippen LogP contribution is 2.29. The number of rotatable bonds is 5. The molecule has 0 unspecified atom stereocenters. The van der Waals surface area contributed by atoms with Gasteiger partial charge in [-0.05, 0) is 171 Å². The first-order valence-electron chi connectivity index (χ1n) is 26.9. The zero-order valence-corrected chi connectivity index (χ0v) is 49.0. The molecule has 0 saturated heterocycles. The number of aromatic nitrogens is 20. The van der Waals surface area contributed by atoms with E-state index in [0.29, 0.717) is 5.82 Å². The van der Waals surface area contributed by atoms with Gasteiger partial charge < -0.3 is 0 Å². The Kier molecular flexibility index (Phi) is 27.2. The van der Waals surface area contributed by atoms with E-state index in [9.17, 15) is 0 Å². The molecule has 0 aliphatic heterocycles. The lowest BCUT2D eigenvalue weighted by molar-refractivity contribution is 0.839. The van der Waals surface area contributed by atoms with Crippen LogP contribution in [0.3, 0.4) is 0 Å². The summed E-state index contributed by atoms with van der Waals surface area (Å²) in [5.41, 5.74) is 17.5. The smallest absolute Gasteiger partial charge is 0.147 e. The van der Waals surface area contributed by atoms with Gasteiger partial charge in [0.2, 0.25) is 0 Å². The number of aryl methyl sites for hydroxylation is 8. The minimum absolute atomic E-state index is 0.711. The molecular weight excluding hydrogens is 1070 g/mol. The normalized spacial score (nSPS) is 9.63. The molecule has 20 heteroatoms. The van der Waals surface area contributed by atoms with Crippen LogP contribution >= 0.6 is 0 Å². The van der Waals surface area contributed by atoms with Crippen molar-refractivity contribution in [3.63, 3.8) is 0 Å².